The number of ether oxygens (including phenoxy) is 1. The Morgan fingerprint density at radius 1 is 1.26 bits per heavy atom. The second-order valence-corrected chi connectivity index (χ2v) is 6.19. The summed E-state index contributed by atoms with van der Waals surface area (Å²) in [6.45, 7) is 5.04. The second kappa shape index (κ2) is 5.33. The number of aliphatic hydroxyl groups is 1. The highest BCUT2D eigenvalue weighted by atomic mass is 16.5. The van der Waals surface area contributed by atoms with Gasteiger partial charge < -0.3 is 15.2 Å². The van der Waals surface area contributed by atoms with E-state index in [0.29, 0.717) is 23.7 Å². The van der Waals surface area contributed by atoms with Crippen LogP contribution in [0.5, 0.6) is 5.88 Å². The molecule has 1 aliphatic rings. The standard InChI is InChI=1S/C14H23N3O2/c1-13(2)4-6-14(18,7-5-13)9-15-11-8-12(19-3)17-10-16-11/h8,10,18H,4-7,9H2,1-3H3,(H,15,16,17). The van der Waals surface area contributed by atoms with E-state index in [0.717, 1.165) is 25.7 Å². The van der Waals surface area contributed by atoms with Gasteiger partial charge in [-0.2, -0.15) is 0 Å². The van der Waals surface area contributed by atoms with Crippen molar-refractivity contribution >= 4 is 5.82 Å². The zero-order valence-electron chi connectivity index (χ0n) is 11.9. The predicted molar refractivity (Wildman–Crippen MR) is 74.3 cm³/mol. The molecule has 1 aromatic heterocycles. The predicted octanol–water partition coefficient (Wildman–Crippen LogP) is 2.23. The Balaban J connectivity index is 1.91. The highest BCUT2D eigenvalue weighted by molar-refractivity contribution is 5.37. The third kappa shape index (κ3) is 3.80. The van der Waals surface area contributed by atoms with Crippen LogP contribution in [-0.4, -0.2) is 34.3 Å². The first-order valence-corrected chi connectivity index (χ1v) is 6.75. The van der Waals surface area contributed by atoms with Crippen LogP contribution in [0.2, 0.25) is 0 Å². The molecule has 0 aromatic carbocycles. The molecule has 1 aromatic rings. The van der Waals surface area contributed by atoms with E-state index >= 15 is 0 Å². The van der Waals surface area contributed by atoms with Gasteiger partial charge in [-0.25, -0.2) is 9.97 Å². The number of hydrogen-bond acceptors (Lipinski definition) is 5. The monoisotopic (exact) mass is 265 g/mol. The van der Waals surface area contributed by atoms with E-state index in [2.05, 4.69) is 29.1 Å². The van der Waals surface area contributed by atoms with Crippen LogP contribution in [0.15, 0.2) is 12.4 Å². The fraction of sp³-hybridized carbons (Fsp3) is 0.714. The molecule has 1 fully saturated rings. The van der Waals surface area contributed by atoms with Crippen molar-refractivity contribution in [2.45, 2.75) is 45.1 Å². The number of nitrogens with zero attached hydrogens (tertiary/aromatic N) is 2. The van der Waals surface area contributed by atoms with Crippen LogP contribution in [0.4, 0.5) is 5.82 Å². The van der Waals surface area contributed by atoms with Gasteiger partial charge in [0.15, 0.2) is 0 Å². The molecule has 1 heterocycles. The first-order chi connectivity index (χ1) is 8.92. The molecule has 0 radical (unpaired) electrons. The van der Waals surface area contributed by atoms with E-state index in [-0.39, 0.29) is 0 Å². The number of rotatable bonds is 4. The van der Waals surface area contributed by atoms with Gasteiger partial charge in [-0.15, -0.1) is 0 Å². The third-order valence-electron chi connectivity index (χ3n) is 3.98. The molecule has 0 aliphatic heterocycles. The van der Waals surface area contributed by atoms with Gasteiger partial charge in [-0.1, -0.05) is 13.8 Å². The average Bonchev–Trinajstić information content (AvgIpc) is 2.41. The molecule has 2 N–H and O–H groups in total. The second-order valence-electron chi connectivity index (χ2n) is 6.19. The first kappa shape index (κ1) is 14.1. The van der Waals surface area contributed by atoms with Crippen molar-refractivity contribution in [1.82, 2.24) is 9.97 Å². The molecule has 0 spiro atoms. The number of methoxy groups -OCH3 is 1. The fourth-order valence-electron chi connectivity index (χ4n) is 2.37. The van der Waals surface area contributed by atoms with Crippen LogP contribution >= 0.6 is 0 Å². The zero-order chi connectivity index (χ0) is 13.9. The van der Waals surface area contributed by atoms with Crippen molar-refractivity contribution in [3.05, 3.63) is 12.4 Å². The van der Waals surface area contributed by atoms with Crippen molar-refractivity contribution < 1.29 is 9.84 Å². The minimum Gasteiger partial charge on any atom is -0.481 e. The van der Waals surface area contributed by atoms with Gasteiger partial charge in [0, 0.05) is 12.6 Å². The summed E-state index contributed by atoms with van der Waals surface area (Å²) in [4.78, 5) is 8.07. The van der Waals surface area contributed by atoms with Crippen molar-refractivity contribution in [3.63, 3.8) is 0 Å². The molecule has 1 aliphatic carbocycles. The lowest BCUT2D eigenvalue weighted by atomic mass is 9.71. The summed E-state index contributed by atoms with van der Waals surface area (Å²) in [5, 5.41) is 13.7. The Kier molecular flexibility index (Phi) is 3.94. The molecule has 0 amide bonds. The number of aromatic nitrogens is 2. The molecule has 2 rings (SSSR count). The van der Waals surface area contributed by atoms with E-state index in [1.165, 1.54) is 6.33 Å². The Morgan fingerprint density at radius 2 is 1.95 bits per heavy atom. The van der Waals surface area contributed by atoms with Crippen molar-refractivity contribution in [1.29, 1.82) is 0 Å². The highest BCUT2D eigenvalue weighted by Gasteiger charge is 2.36. The number of nitrogens with one attached hydrogen (secondary N) is 1. The van der Waals surface area contributed by atoms with E-state index < -0.39 is 5.60 Å². The van der Waals surface area contributed by atoms with Gasteiger partial charge in [0.25, 0.3) is 0 Å². The Morgan fingerprint density at radius 3 is 2.58 bits per heavy atom. The Hall–Kier alpha value is -1.36. The van der Waals surface area contributed by atoms with E-state index in [1.54, 1.807) is 13.2 Å². The molecule has 0 unspecified atom stereocenters. The first-order valence-electron chi connectivity index (χ1n) is 6.75. The lowest BCUT2D eigenvalue weighted by molar-refractivity contribution is -0.0145. The number of hydrogen-bond donors (Lipinski definition) is 2. The van der Waals surface area contributed by atoms with Crippen LogP contribution < -0.4 is 10.1 Å². The SMILES string of the molecule is COc1cc(NCC2(O)CCC(C)(C)CC2)ncn1. The van der Waals surface area contributed by atoms with E-state index in [1.807, 2.05) is 0 Å². The summed E-state index contributed by atoms with van der Waals surface area (Å²) in [6, 6.07) is 1.73. The lowest BCUT2D eigenvalue weighted by Crippen LogP contribution is -2.42. The Labute approximate surface area is 114 Å². The topological polar surface area (TPSA) is 67.3 Å². The molecule has 1 saturated carbocycles. The van der Waals surface area contributed by atoms with Gasteiger partial charge in [-0.05, 0) is 31.1 Å². The molecule has 106 valence electrons. The molecule has 0 bridgehead atoms. The normalized spacial score (nSPS) is 20.8. The fourth-order valence-corrected chi connectivity index (χ4v) is 2.37. The minimum atomic E-state index is -0.631. The van der Waals surface area contributed by atoms with Crippen LogP contribution in [0.3, 0.4) is 0 Å². The minimum absolute atomic E-state index is 0.352. The summed E-state index contributed by atoms with van der Waals surface area (Å²) >= 11 is 0. The van der Waals surface area contributed by atoms with Crippen LogP contribution in [0, 0.1) is 5.41 Å². The summed E-state index contributed by atoms with van der Waals surface area (Å²) in [6.07, 6.45) is 5.22. The molecular formula is C14H23N3O2. The van der Waals surface area contributed by atoms with Gasteiger partial charge in [-0.3, -0.25) is 0 Å². The zero-order valence-corrected chi connectivity index (χ0v) is 11.9. The molecule has 0 atom stereocenters. The largest absolute Gasteiger partial charge is 0.481 e. The van der Waals surface area contributed by atoms with Gasteiger partial charge >= 0.3 is 0 Å². The number of anilines is 1. The molecule has 19 heavy (non-hydrogen) atoms. The summed E-state index contributed by atoms with van der Waals surface area (Å²) < 4.78 is 5.05. The Bertz CT molecular complexity index is 424. The van der Waals surface area contributed by atoms with E-state index in [9.17, 15) is 5.11 Å². The van der Waals surface area contributed by atoms with Gasteiger partial charge in [0.1, 0.15) is 12.1 Å². The van der Waals surface area contributed by atoms with Crippen molar-refractivity contribution in [2.75, 3.05) is 19.0 Å². The summed E-state index contributed by atoms with van der Waals surface area (Å²) in [5.74, 6) is 1.21. The van der Waals surface area contributed by atoms with Crippen molar-refractivity contribution in [2.24, 2.45) is 5.41 Å². The maximum atomic E-state index is 10.6. The highest BCUT2D eigenvalue weighted by Crippen LogP contribution is 2.40. The smallest absolute Gasteiger partial charge is 0.218 e. The molecule has 0 saturated heterocycles. The summed E-state index contributed by atoms with van der Waals surface area (Å²) in [5.41, 5.74) is -0.280. The van der Waals surface area contributed by atoms with Crippen LogP contribution in [0.1, 0.15) is 39.5 Å². The lowest BCUT2D eigenvalue weighted by Gasteiger charge is -2.40. The van der Waals surface area contributed by atoms with Gasteiger partial charge in [0.05, 0.1) is 12.7 Å². The van der Waals surface area contributed by atoms with E-state index in [4.69, 9.17) is 4.74 Å². The summed E-state index contributed by atoms with van der Waals surface area (Å²) in [7, 11) is 1.57. The molecule has 5 heteroatoms. The van der Waals surface area contributed by atoms with Crippen molar-refractivity contribution in [3.8, 4) is 5.88 Å². The average molecular weight is 265 g/mol. The molecule has 5 nitrogen and oxygen atoms in total. The maximum absolute atomic E-state index is 10.6. The van der Waals surface area contributed by atoms with Gasteiger partial charge in [0.2, 0.25) is 5.88 Å². The van der Waals surface area contributed by atoms with Crippen LogP contribution in [-0.2, 0) is 0 Å². The third-order valence-corrected chi connectivity index (χ3v) is 3.98. The quantitative estimate of drug-likeness (QED) is 0.874. The maximum Gasteiger partial charge on any atom is 0.218 e. The van der Waals surface area contributed by atoms with Crippen LogP contribution in [0.25, 0.3) is 0 Å². The molecular weight excluding hydrogens is 242 g/mol.